The molecule has 0 saturated carbocycles. The van der Waals surface area contributed by atoms with Gasteiger partial charge in [0.15, 0.2) is 0 Å². The highest BCUT2D eigenvalue weighted by molar-refractivity contribution is 7.88. The second-order valence-corrected chi connectivity index (χ2v) is 10.3. The van der Waals surface area contributed by atoms with Gasteiger partial charge in [0.25, 0.3) is 0 Å². The van der Waals surface area contributed by atoms with Gasteiger partial charge in [-0.15, -0.1) is 0 Å². The number of rotatable bonds is 9. The van der Waals surface area contributed by atoms with Crippen molar-refractivity contribution in [2.75, 3.05) is 33.4 Å². The number of ether oxygens (including phenoxy) is 2. The predicted molar refractivity (Wildman–Crippen MR) is 125 cm³/mol. The van der Waals surface area contributed by atoms with Crippen molar-refractivity contribution in [3.05, 3.63) is 58.1 Å². The van der Waals surface area contributed by atoms with Crippen LogP contribution in [-0.4, -0.2) is 52.0 Å². The van der Waals surface area contributed by atoms with Crippen molar-refractivity contribution < 1.29 is 22.7 Å². The zero-order chi connectivity index (χ0) is 23.1. The maximum atomic E-state index is 12.7. The van der Waals surface area contributed by atoms with Crippen LogP contribution in [0.25, 0.3) is 0 Å². The Balaban J connectivity index is 1.40. The fraction of sp³-hybridized carbons (Fsp3) is 0.409. The summed E-state index contributed by atoms with van der Waals surface area (Å²) in [6.45, 7) is 1.34. The maximum Gasteiger partial charge on any atom is 0.223 e. The topological polar surface area (TPSA) is 84.9 Å². The number of hydrogen-bond acceptors (Lipinski definition) is 5. The van der Waals surface area contributed by atoms with Crippen LogP contribution in [0.5, 0.6) is 11.5 Å². The van der Waals surface area contributed by atoms with Crippen molar-refractivity contribution in [2.45, 2.75) is 18.6 Å². The van der Waals surface area contributed by atoms with Crippen LogP contribution in [0, 0.1) is 5.92 Å². The average molecular weight is 501 g/mol. The van der Waals surface area contributed by atoms with Crippen molar-refractivity contribution in [2.24, 2.45) is 5.92 Å². The third-order valence-corrected chi connectivity index (χ3v) is 7.87. The number of benzene rings is 2. The van der Waals surface area contributed by atoms with E-state index in [9.17, 15) is 13.2 Å². The molecule has 1 amide bonds. The summed E-state index contributed by atoms with van der Waals surface area (Å²) < 4.78 is 37.6. The van der Waals surface area contributed by atoms with E-state index >= 15 is 0 Å². The van der Waals surface area contributed by atoms with Gasteiger partial charge in [0, 0.05) is 19.0 Å². The smallest absolute Gasteiger partial charge is 0.223 e. The molecular formula is C22H26Cl2N2O5S. The molecule has 0 bridgehead atoms. The molecule has 7 nitrogen and oxygen atoms in total. The minimum atomic E-state index is -3.50. The molecule has 174 valence electrons. The maximum absolute atomic E-state index is 12.7. The molecule has 1 N–H and O–H groups in total. The molecule has 32 heavy (non-hydrogen) atoms. The monoisotopic (exact) mass is 500 g/mol. The lowest BCUT2D eigenvalue weighted by Gasteiger charge is -2.30. The van der Waals surface area contributed by atoms with E-state index in [2.05, 4.69) is 5.32 Å². The Hall–Kier alpha value is -2.00. The number of sulfonamides is 1. The molecule has 0 aromatic heterocycles. The van der Waals surface area contributed by atoms with Gasteiger partial charge in [-0.3, -0.25) is 4.79 Å². The fourth-order valence-corrected chi connectivity index (χ4v) is 5.36. The van der Waals surface area contributed by atoms with E-state index in [1.54, 1.807) is 49.6 Å². The number of halogens is 2. The normalized spacial score (nSPS) is 15.3. The Bertz CT molecular complexity index is 1020. The minimum absolute atomic E-state index is 0.0788. The van der Waals surface area contributed by atoms with Gasteiger partial charge >= 0.3 is 0 Å². The van der Waals surface area contributed by atoms with E-state index < -0.39 is 10.0 Å². The van der Waals surface area contributed by atoms with Gasteiger partial charge in [-0.05, 0) is 54.8 Å². The molecule has 1 heterocycles. The number of amides is 1. The van der Waals surface area contributed by atoms with Crippen molar-refractivity contribution in [3.8, 4) is 11.5 Å². The number of carbonyl (C=O) groups is 1. The van der Waals surface area contributed by atoms with Gasteiger partial charge in [0.2, 0.25) is 15.9 Å². The highest BCUT2D eigenvalue weighted by Crippen LogP contribution is 2.26. The molecule has 1 aliphatic rings. The van der Waals surface area contributed by atoms with Crippen LogP contribution in [0.15, 0.2) is 42.5 Å². The van der Waals surface area contributed by atoms with E-state index in [4.69, 9.17) is 32.7 Å². The zero-order valence-corrected chi connectivity index (χ0v) is 20.0. The molecular weight excluding hydrogens is 475 g/mol. The van der Waals surface area contributed by atoms with Gasteiger partial charge in [-0.25, -0.2) is 12.7 Å². The Morgan fingerprint density at radius 3 is 2.34 bits per heavy atom. The molecule has 1 aliphatic heterocycles. The van der Waals surface area contributed by atoms with Crippen LogP contribution in [0.1, 0.15) is 18.4 Å². The summed E-state index contributed by atoms with van der Waals surface area (Å²) in [6, 6.07) is 12.0. The number of nitrogens with one attached hydrogen (secondary N) is 1. The molecule has 0 aliphatic carbocycles. The lowest BCUT2D eigenvalue weighted by Crippen LogP contribution is -2.43. The molecule has 0 atom stereocenters. The number of piperidine rings is 1. The third kappa shape index (κ3) is 6.75. The van der Waals surface area contributed by atoms with Gasteiger partial charge in [-0.2, -0.15) is 0 Å². The Labute approximate surface area is 198 Å². The van der Waals surface area contributed by atoms with E-state index in [-0.39, 0.29) is 17.6 Å². The second-order valence-electron chi connectivity index (χ2n) is 7.49. The Morgan fingerprint density at radius 2 is 1.72 bits per heavy atom. The number of carbonyl (C=O) groups excluding carboxylic acids is 1. The van der Waals surface area contributed by atoms with E-state index in [1.807, 2.05) is 0 Å². The van der Waals surface area contributed by atoms with E-state index in [0.29, 0.717) is 60.4 Å². The molecule has 0 radical (unpaired) electrons. The lowest BCUT2D eigenvalue weighted by atomic mass is 9.97. The molecule has 1 fully saturated rings. The number of hydrogen-bond donors (Lipinski definition) is 1. The van der Waals surface area contributed by atoms with E-state index in [1.165, 1.54) is 4.31 Å². The van der Waals surface area contributed by atoms with Crippen LogP contribution in [0.3, 0.4) is 0 Å². The Kier molecular flexibility index (Phi) is 8.64. The van der Waals surface area contributed by atoms with Crippen LogP contribution in [0.4, 0.5) is 0 Å². The first-order valence-electron chi connectivity index (χ1n) is 10.2. The fourth-order valence-electron chi connectivity index (χ4n) is 3.49. The van der Waals surface area contributed by atoms with Crippen molar-refractivity contribution in [3.63, 3.8) is 0 Å². The summed E-state index contributed by atoms with van der Waals surface area (Å²) in [5.74, 6) is 0.998. The molecule has 2 aromatic rings. The first kappa shape index (κ1) is 24.6. The summed E-state index contributed by atoms with van der Waals surface area (Å²) in [4.78, 5) is 12.4. The molecule has 1 saturated heterocycles. The molecule has 2 aromatic carbocycles. The van der Waals surface area contributed by atoms with Crippen molar-refractivity contribution in [1.82, 2.24) is 9.62 Å². The van der Waals surface area contributed by atoms with Crippen LogP contribution < -0.4 is 14.8 Å². The van der Waals surface area contributed by atoms with Crippen molar-refractivity contribution >= 4 is 39.1 Å². The molecule has 0 spiro atoms. The summed E-state index contributed by atoms with van der Waals surface area (Å²) in [5, 5.41) is 3.57. The summed E-state index contributed by atoms with van der Waals surface area (Å²) in [5.41, 5.74) is 0.580. The summed E-state index contributed by atoms with van der Waals surface area (Å²) in [7, 11) is -1.90. The SMILES string of the molecule is COc1ccc(OCCNC(=O)C2CCN(S(=O)(=O)Cc3ccc(Cl)c(Cl)c3)CC2)cc1. The third-order valence-electron chi connectivity index (χ3n) is 5.28. The highest BCUT2D eigenvalue weighted by atomic mass is 35.5. The van der Waals surface area contributed by atoms with Gasteiger partial charge in [0.1, 0.15) is 18.1 Å². The lowest BCUT2D eigenvalue weighted by molar-refractivity contribution is -0.126. The first-order valence-corrected chi connectivity index (χ1v) is 12.6. The summed E-state index contributed by atoms with van der Waals surface area (Å²) >= 11 is 11.9. The average Bonchev–Trinajstić information content (AvgIpc) is 2.79. The molecule has 10 heteroatoms. The predicted octanol–water partition coefficient (Wildman–Crippen LogP) is 3.74. The molecule has 0 unspecified atom stereocenters. The number of nitrogens with zero attached hydrogens (tertiary/aromatic N) is 1. The van der Waals surface area contributed by atoms with Gasteiger partial charge < -0.3 is 14.8 Å². The van der Waals surface area contributed by atoms with Gasteiger partial charge in [-0.1, -0.05) is 29.3 Å². The second kappa shape index (κ2) is 11.2. The van der Waals surface area contributed by atoms with Crippen LogP contribution in [0.2, 0.25) is 10.0 Å². The minimum Gasteiger partial charge on any atom is -0.497 e. The Morgan fingerprint density at radius 1 is 1.06 bits per heavy atom. The first-order chi connectivity index (χ1) is 15.3. The standard InChI is InChI=1S/C22H26Cl2N2O5S/c1-30-18-3-5-19(6-4-18)31-13-10-25-22(27)17-8-11-26(12-9-17)32(28,29)15-16-2-7-20(23)21(24)14-16/h2-7,14,17H,8-13,15H2,1H3,(H,25,27). The van der Waals surface area contributed by atoms with E-state index in [0.717, 1.165) is 5.75 Å². The largest absolute Gasteiger partial charge is 0.497 e. The van der Waals surface area contributed by atoms with Crippen molar-refractivity contribution in [1.29, 1.82) is 0 Å². The highest BCUT2D eigenvalue weighted by Gasteiger charge is 2.31. The zero-order valence-electron chi connectivity index (χ0n) is 17.7. The van der Waals surface area contributed by atoms with Gasteiger partial charge in [0.05, 0.1) is 29.5 Å². The van der Waals surface area contributed by atoms with Crippen LogP contribution >= 0.6 is 23.2 Å². The summed E-state index contributed by atoms with van der Waals surface area (Å²) in [6.07, 6.45) is 0.956. The quantitative estimate of drug-likeness (QED) is 0.530. The molecule has 3 rings (SSSR count). The van der Waals surface area contributed by atoms with Crippen LogP contribution in [-0.2, 0) is 20.6 Å². The number of methoxy groups -OCH3 is 1.